The molecule has 0 heterocycles. The standard InChI is InChI=1S/C16H15ClF3N3OS/c1-23(10-4-3-5-11(8-10)24-16(18,19)20)15(21)22-14-9-12(25-2)6-7-13(14)17/h3-9H,1-2H3,(H2,21,22)/i1-1,16-1. The van der Waals surface area contributed by atoms with E-state index in [1.807, 2.05) is 12.3 Å². The maximum absolute atomic E-state index is 12.3. The molecule has 134 valence electrons. The van der Waals surface area contributed by atoms with Crippen LogP contribution in [0.15, 0.2) is 52.4 Å². The lowest BCUT2D eigenvalue weighted by molar-refractivity contribution is -0.274. The summed E-state index contributed by atoms with van der Waals surface area (Å²) in [4.78, 5) is 6.65. The number of rotatable bonds is 4. The van der Waals surface area contributed by atoms with Gasteiger partial charge in [0, 0.05) is 23.7 Å². The molecule has 0 saturated heterocycles. The maximum Gasteiger partial charge on any atom is 0.573 e. The molecule has 0 atom stereocenters. The highest BCUT2D eigenvalue weighted by Crippen LogP contribution is 2.30. The lowest BCUT2D eigenvalue weighted by Gasteiger charge is -2.19. The van der Waals surface area contributed by atoms with E-state index in [1.54, 1.807) is 25.2 Å². The SMILES string of the molecule is CSc1ccc(Cl)c(N=C(N)N([11CH3])c2cccc(O[11C](F)(F)F)c2)c1. The minimum Gasteiger partial charge on any atom is -0.406 e. The van der Waals surface area contributed by atoms with Gasteiger partial charge in [-0.1, -0.05) is 17.7 Å². The molecule has 0 bridgehead atoms. The number of alkyl halides is 3. The third-order valence-electron chi connectivity index (χ3n) is 3.17. The van der Waals surface area contributed by atoms with E-state index in [9.17, 15) is 13.2 Å². The van der Waals surface area contributed by atoms with Crippen molar-refractivity contribution < 1.29 is 17.9 Å². The Kier molecular flexibility index (Phi) is 6.07. The maximum atomic E-state index is 12.3. The number of anilines is 1. The van der Waals surface area contributed by atoms with E-state index in [4.69, 9.17) is 17.3 Å². The number of halogens is 4. The Morgan fingerprint density at radius 2 is 1.96 bits per heavy atom. The van der Waals surface area contributed by atoms with Crippen LogP contribution in [-0.4, -0.2) is 25.6 Å². The summed E-state index contributed by atoms with van der Waals surface area (Å²) in [6, 6.07) is 10.8. The number of thioether (sulfide) groups is 1. The van der Waals surface area contributed by atoms with Crippen molar-refractivity contribution in [3.8, 4) is 5.75 Å². The van der Waals surface area contributed by atoms with Gasteiger partial charge in [-0.2, -0.15) is 0 Å². The fourth-order valence-electron chi connectivity index (χ4n) is 1.93. The van der Waals surface area contributed by atoms with Crippen molar-refractivity contribution >= 4 is 40.7 Å². The molecule has 0 fully saturated rings. The summed E-state index contributed by atoms with van der Waals surface area (Å²) in [5, 5.41) is 0.420. The van der Waals surface area contributed by atoms with Gasteiger partial charge in [0.15, 0.2) is 0 Å². The molecule has 4 nitrogen and oxygen atoms in total. The highest BCUT2D eigenvalue weighted by atomic mass is 35.5. The van der Waals surface area contributed by atoms with Gasteiger partial charge in [-0.25, -0.2) is 4.99 Å². The van der Waals surface area contributed by atoms with Gasteiger partial charge in [-0.05, 0) is 36.6 Å². The quantitative estimate of drug-likeness (QED) is 0.453. The van der Waals surface area contributed by atoms with E-state index < -0.39 is 6.36 Å². The molecule has 0 amide bonds. The van der Waals surface area contributed by atoms with Crippen LogP contribution in [0.5, 0.6) is 5.75 Å². The van der Waals surface area contributed by atoms with Gasteiger partial charge in [-0.3, -0.25) is 0 Å². The third-order valence-corrected chi connectivity index (χ3v) is 4.22. The van der Waals surface area contributed by atoms with E-state index in [-0.39, 0.29) is 11.7 Å². The second kappa shape index (κ2) is 7.88. The Labute approximate surface area is 152 Å². The molecule has 0 aromatic heterocycles. The lowest BCUT2D eigenvalue weighted by atomic mass is 10.2. The van der Waals surface area contributed by atoms with Crippen LogP contribution >= 0.6 is 23.4 Å². The molecule has 0 aliphatic carbocycles. The fourth-order valence-corrected chi connectivity index (χ4v) is 2.52. The second-order valence-corrected chi connectivity index (χ2v) is 6.18. The Morgan fingerprint density at radius 1 is 1.24 bits per heavy atom. The number of benzene rings is 2. The van der Waals surface area contributed by atoms with Gasteiger partial charge in [0.1, 0.15) is 5.75 Å². The summed E-state index contributed by atoms with van der Waals surface area (Å²) in [7, 11) is 1.58. The zero-order valence-electron chi connectivity index (χ0n) is 13.3. The molecule has 0 aliphatic heterocycles. The highest BCUT2D eigenvalue weighted by Gasteiger charge is 2.31. The molecule has 2 rings (SSSR count). The average molecular weight is 388 g/mol. The average Bonchev–Trinajstić information content (AvgIpc) is 2.54. The van der Waals surface area contributed by atoms with E-state index in [0.717, 1.165) is 4.90 Å². The Balaban J connectivity index is 2.28. The largest absolute Gasteiger partial charge is 0.573 e. The third kappa shape index (κ3) is 5.47. The predicted molar refractivity (Wildman–Crippen MR) is 96.0 cm³/mol. The Morgan fingerprint density at radius 3 is 2.60 bits per heavy atom. The summed E-state index contributed by atoms with van der Waals surface area (Å²) >= 11 is 7.64. The van der Waals surface area contributed by atoms with Crippen LogP contribution in [0.3, 0.4) is 0 Å². The molecule has 0 radical (unpaired) electrons. The molecular formula is C16H15ClF3N3OS. The van der Waals surface area contributed by atoms with Crippen LogP contribution < -0.4 is 15.4 Å². The van der Waals surface area contributed by atoms with Gasteiger partial charge in [-0.15, -0.1) is 24.9 Å². The second-order valence-electron chi connectivity index (χ2n) is 4.89. The van der Waals surface area contributed by atoms with Gasteiger partial charge in [0.2, 0.25) is 5.96 Å². The lowest BCUT2D eigenvalue weighted by Crippen LogP contribution is -2.33. The predicted octanol–water partition coefficient (Wildman–Crippen LogP) is 5.04. The van der Waals surface area contributed by atoms with E-state index in [0.29, 0.717) is 16.4 Å². The van der Waals surface area contributed by atoms with Gasteiger partial charge in [0.05, 0.1) is 10.7 Å². The zero-order valence-corrected chi connectivity index (χ0v) is 14.9. The number of aliphatic imine (C=N–C) groups is 1. The van der Waals surface area contributed by atoms with Crippen molar-refractivity contribution in [3.63, 3.8) is 0 Å². The van der Waals surface area contributed by atoms with Crippen LogP contribution in [0.4, 0.5) is 24.5 Å². The van der Waals surface area contributed by atoms with Crippen molar-refractivity contribution in [3.05, 3.63) is 47.5 Å². The minimum absolute atomic E-state index is 0.0734. The monoisotopic (exact) mass is 387 g/mol. The van der Waals surface area contributed by atoms with Crippen molar-refractivity contribution in [1.82, 2.24) is 0 Å². The Bertz CT molecular complexity index is 783. The first-order chi connectivity index (χ1) is 11.7. The van der Waals surface area contributed by atoms with Crippen LogP contribution in [0.2, 0.25) is 5.02 Å². The number of guanidine groups is 1. The van der Waals surface area contributed by atoms with E-state index in [2.05, 4.69) is 9.73 Å². The van der Waals surface area contributed by atoms with Crippen LogP contribution in [0.1, 0.15) is 0 Å². The summed E-state index contributed by atoms with van der Waals surface area (Å²) in [5.74, 6) is -0.267. The molecule has 2 aromatic rings. The molecule has 0 unspecified atom stereocenters. The van der Waals surface area contributed by atoms with Crippen molar-refractivity contribution in [2.24, 2.45) is 10.7 Å². The fraction of sp³-hybridized carbons (Fsp3) is 0.188. The molecular weight excluding hydrogens is 373 g/mol. The van der Waals surface area contributed by atoms with Crippen molar-refractivity contribution in [1.29, 1.82) is 0 Å². The van der Waals surface area contributed by atoms with Gasteiger partial charge in [0.25, 0.3) is 0 Å². The molecule has 9 heteroatoms. The summed E-state index contributed by atoms with van der Waals surface area (Å²) in [6.45, 7) is 0. The number of hydrogen-bond donors (Lipinski definition) is 1. The highest BCUT2D eigenvalue weighted by molar-refractivity contribution is 7.98. The number of nitrogens with zero attached hydrogens (tertiary/aromatic N) is 2. The van der Waals surface area contributed by atoms with E-state index >= 15 is 0 Å². The summed E-state index contributed by atoms with van der Waals surface area (Å²) in [6.07, 6.45) is -2.85. The van der Waals surface area contributed by atoms with Crippen LogP contribution in [0.25, 0.3) is 0 Å². The van der Waals surface area contributed by atoms with Crippen molar-refractivity contribution in [2.45, 2.75) is 11.3 Å². The van der Waals surface area contributed by atoms with Gasteiger partial charge < -0.3 is 15.4 Å². The molecule has 2 aromatic carbocycles. The first-order valence-corrected chi connectivity index (χ1v) is 8.57. The molecule has 2 N–H and O–H groups in total. The number of nitrogens with two attached hydrogens (primary N) is 1. The normalized spacial score (nSPS) is 12.2. The first kappa shape index (κ1) is 19.3. The van der Waals surface area contributed by atoms with Crippen molar-refractivity contribution in [2.75, 3.05) is 18.2 Å². The number of hydrogen-bond acceptors (Lipinski definition) is 3. The van der Waals surface area contributed by atoms with Gasteiger partial charge >= 0.3 is 6.36 Å². The molecule has 0 spiro atoms. The first-order valence-electron chi connectivity index (χ1n) is 6.97. The summed E-state index contributed by atoms with van der Waals surface area (Å²) in [5.41, 5.74) is 6.83. The Hall–Kier alpha value is -2.06. The number of ether oxygens (including phenoxy) is 1. The summed E-state index contributed by atoms with van der Waals surface area (Å²) < 4.78 is 40.9. The molecule has 0 aliphatic rings. The zero-order chi connectivity index (χ0) is 18.6. The minimum atomic E-state index is -4.76. The topological polar surface area (TPSA) is 50.8 Å². The smallest absolute Gasteiger partial charge is 0.406 e. The molecule has 0 saturated carbocycles. The molecule has 25 heavy (non-hydrogen) atoms. The van der Waals surface area contributed by atoms with Crippen LogP contribution in [-0.2, 0) is 0 Å². The van der Waals surface area contributed by atoms with E-state index in [1.165, 1.54) is 34.9 Å². The van der Waals surface area contributed by atoms with Crippen LogP contribution in [0, 0.1) is 0 Å².